The van der Waals surface area contributed by atoms with Gasteiger partial charge in [-0.25, -0.2) is 9.18 Å². The van der Waals surface area contributed by atoms with Crippen LogP contribution in [-0.2, 0) is 26.3 Å². The highest BCUT2D eigenvalue weighted by Crippen LogP contribution is 2.58. The quantitative estimate of drug-likeness (QED) is 0.577. The first-order valence-electron chi connectivity index (χ1n) is 13.6. The first kappa shape index (κ1) is 24.7. The average Bonchev–Trinajstić information content (AvgIpc) is 3.85. The Hall–Kier alpha value is -4.28. The van der Waals surface area contributed by atoms with E-state index in [0.717, 1.165) is 23.3 Å². The van der Waals surface area contributed by atoms with E-state index in [4.69, 9.17) is 4.74 Å². The smallest absolute Gasteiger partial charge is 0.410 e. The number of fused-ring (bicyclic) bond motifs is 3. The van der Waals surface area contributed by atoms with Crippen molar-refractivity contribution in [1.82, 2.24) is 10.2 Å². The number of rotatable bonds is 5. The topological polar surface area (TPSA) is 116 Å². The molecule has 3 heterocycles. The Morgan fingerprint density at radius 1 is 1.12 bits per heavy atom. The number of piperidine rings is 1. The molecular formula is C29H27FN4O6. The zero-order valence-electron chi connectivity index (χ0n) is 21.9. The molecule has 0 aromatic heterocycles. The Kier molecular flexibility index (Phi) is 5.32. The number of anilines is 2. The molecule has 3 fully saturated rings. The number of hydrogen-bond donors (Lipinski definition) is 1. The van der Waals surface area contributed by atoms with Crippen LogP contribution < -0.4 is 19.9 Å². The number of benzene rings is 2. The Labute approximate surface area is 229 Å². The maximum atomic E-state index is 15.3. The standard InChI is InChI=1S/C29H27FN4O6/c1-32(23-11-19-22(12-20(23)30)34(13-15-2-3-15)27(38)29(19)8-9-29)28(39)40-17-5-4-16-14-33(26(37)18(16)10-17)21-6-7-24(35)31-25(21)36/h4-5,10-12,15,21H,2-3,6-9,13-14H2,1H3,(H,31,35,36). The van der Waals surface area contributed by atoms with Crippen LogP contribution >= 0.6 is 0 Å². The maximum Gasteiger partial charge on any atom is 0.419 e. The zero-order chi connectivity index (χ0) is 27.9. The minimum atomic E-state index is -0.852. The van der Waals surface area contributed by atoms with Gasteiger partial charge in [-0.2, -0.15) is 0 Å². The van der Waals surface area contributed by atoms with Gasteiger partial charge in [-0.15, -0.1) is 0 Å². The van der Waals surface area contributed by atoms with E-state index in [1.54, 1.807) is 23.1 Å². The number of ether oxygens (including phenoxy) is 1. The molecule has 0 radical (unpaired) electrons. The van der Waals surface area contributed by atoms with E-state index in [0.29, 0.717) is 42.1 Å². The molecule has 1 atom stereocenters. The average molecular weight is 547 g/mol. The summed E-state index contributed by atoms with van der Waals surface area (Å²) in [5.41, 5.74) is 1.71. The van der Waals surface area contributed by atoms with Crippen LogP contribution in [-0.4, -0.2) is 54.3 Å². The van der Waals surface area contributed by atoms with Gasteiger partial charge in [0.05, 0.1) is 16.8 Å². The number of imide groups is 1. The van der Waals surface area contributed by atoms with Crippen molar-refractivity contribution in [2.45, 2.75) is 56.5 Å². The molecule has 2 aromatic rings. The number of nitrogens with one attached hydrogen (secondary N) is 1. The summed E-state index contributed by atoms with van der Waals surface area (Å²) in [6, 6.07) is 6.81. The van der Waals surface area contributed by atoms with Crippen molar-refractivity contribution in [3.63, 3.8) is 0 Å². The van der Waals surface area contributed by atoms with E-state index in [1.165, 1.54) is 24.1 Å². The Morgan fingerprint density at radius 3 is 2.60 bits per heavy atom. The maximum absolute atomic E-state index is 15.3. The first-order chi connectivity index (χ1) is 19.2. The second kappa shape index (κ2) is 8.61. The summed E-state index contributed by atoms with van der Waals surface area (Å²) in [7, 11) is 1.40. The Morgan fingerprint density at radius 2 is 1.90 bits per heavy atom. The molecule has 11 heteroatoms. The van der Waals surface area contributed by atoms with Crippen molar-refractivity contribution < 1.29 is 33.1 Å². The van der Waals surface area contributed by atoms with Crippen molar-refractivity contribution >= 4 is 41.1 Å². The minimum absolute atomic E-state index is 0.0115. The van der Waals surface area contributed by atoms with E-state index >= 15 is 4.39 Å². The van der Waals surface area contributed by atoms with Crippen LogP contribution in [0.1, 0.15) is 60.0 Å². The highest BCUT2D eigenvalue weighted by molar-refractivity contribution is 6.11. The molecule has 40 heavy (non-hydrogen) atoms. The van der Waals surface area contributed by atoms with Crippen LogP contribution in [0.4, 0.5) is 20.6 Å². The fourth-order valence-electron chi connectivity index (χ4n) is 6.11. The molecule has 206 valence electrons. The molecule has 5 aliphatic rings. The summed E-state index contributed by atoms with van der Waals surface area (Å²) in [4.78, 5) is 67.3. The zero-order valence-corrected chi connectivity index (χ0v) is 21.9. The van der Waals surface area contributed by atoms with E-state index < -0.39 is 35.2 Å². The van der Waals surface area contributed by atoms with E-state index in [9.17, 15) is 24.0 Å². The summed E-state index contributed by atoms with van der Waals surface area (Å²) in [6.45, 7) is 0.801. The molecule has 3 aliphatic heterocycles. The summed E-state index contributed by atoms with van der Waals surface area (Å²) in [5.74, 6) is -1.32. The van der Waals surface area contributed by atoms with Crippen LogP contribution in [0.25, 0.3) is 0 Å². The van der Waals surface area contributed by atoms with Gasteiger partial charge in [-0.3, -0.25) is 29.4 Å². The van der Waals surface area contributed by atoms with Gasteiger partial charge in [0.25, 0.3) is 5.91 Å². The van der Waals surface area contributed by atoms with Crippen LogP contribution in [0, 0.1) is 11.7 Å². The summed E-state index contributed by atoms with van der Waals surface area (Å²) in [5, 5.41) is 2.27. The predicted octanol–water partition coefficient (Wildman–Crippen LogP) is 3.01. The van der Waals surface area contributed by atoms with Crippen molar-refractivity contribution in [1.29, 1.82) is 0 Å². The minimum Gasteiger partial charge on any atom is -0.410 e. The number of nitrogens with zero attached hydrogens (tertiary/aromatic N) is 3. The largest absolute Gasteiger partial charge is 0.419 e. The third kappa shape index (κ3) is 3.78. The SMILES string of the molecule is CN(C(=O)Oc1ccc2c(c1)C(=O)N(C1CCC(=O)NC1=O)C2)c1cc2c(cc1F)N(CC1CC1)C(=O)C21CC1. The van der Waals surface area contributed by atoms with Crippen LogP contribution in [0.2, 0.25) is 0 Å². The van der Waals surface area contributed by atoms with Gasteiger partial charge < -0.3 is 14.5 Å². The lowest BCUT2D eigenvalue weighted by Gasteiger charge is -2.29. The number of carbonyl (C=O) groups excluding carboxylic acids is 5. The van der Waals surface area contributed by atoms with E-state index in [-0.39, 0.29) is 42.6 Å². The van der Waals surface area contributed by atoms with Gasteiger partial charge in [-0.1, -0.05) is 6.07 Å². The van der Waals surface area contributed by atoms with Gasteiger partial charge in [0.1, 0.15) is 17.6 Å². The third-order valence-electron chi connectivity index (χ3n) is 8.75. The fourth-order valence-corrected chi connectivity index (χ4v) is 6.11. The summed E-state index contributed by atoms with van der Waals surface area (Å²) >= 11 is 0. The van der Waals surface area contributed by atoms with Gasteiger partial charge in [0.15, 0.2) is 0 Å². The molecule has 0 bridgehead atoms. The summed E-state index contributed by atoms with van der Waals surface area (Å²) in [6.07, 6.45) is 3.11. The van der Waals surface area contributed by atoms with Crippen molar-refractivity contribution in [3.8, 4) is 5.75 Å². The molecule has 2 saturated carbocycles. The third-order valence-corrected chi connectivity index (χ3v) is 8.75. The molecule has 2 aromatic carbocycles. The van der Waals surface area contributed by atoms with E-state index in [1.807, 2.05) is 0 Å². The molecule has 1 saturated heterocycles. The van der Waals surface area contributed by atoms with Crippen molar-refractivity contribution in [3.05, 3.63) is 52.8 Å². The lowest BCUT2D eigenvalue weighted by Crippen LogP contribution is -2.52. The number of halogens is 1. The molecule has 10 nitrogen and oxygen atoms in total. The first-order valence-corrected chi connectivity index (χ1v) is 13.6. The highest BCUT2D eigenvalue weighted by Gasteiger charge is 2.60. The van der Waals surface area contributed by atoms with Gasteiger partial charge in [0, 0.05) is 38.2 Å². The van der Waals surface area contributed by atoms with E-state index in [2.05, 4.69) is 5.32 Å². The van der Waals surface area contributed by atoms with Crippen LogP contribution in [0.3, 0.4) is 0 Å². The molecule has 7 rings (SSSR count). The van der Waals surface area contributed by atoms with Crippen molar-refractivity contribution in [2.75, 3.05) is 23.4 Å². The molecule has 1 spiro atoms. The van der Waals surface area contributed by atoms with Gasteiger partial charge >= 0.3 is 6.09 Å². The number of hydrogen-bond acceptors (Lipinski definition) is 6. The summed E-state index contributed by atoms with van der Waals surface area (Å²) < 4.78 is 20.8. The molecular weight excluding hydrogens is 519 g/mol. The van der Waals surface area contributed by atoms with Gasteiger partial charge in [-0.05, 0) is 67.3 Å². The van der Waals surface area contributed by atoms with Crippen LogP contribution in [0.15, 0.2) is 30.3 Å². The molecule has 1 N–H and O–H groups in total. The normalized spacial score (nSPS) is 22.4. The van der Waals surface area contributed by atoms with Gasteiger partial charge in [0.2, 0.25) is 17.7 Å². The Balaban J connectivity index is 1.09. The molecule has 2 aliphatic carbocycles. The second-order valence-corrected chi connectivity index (χ2v) is 11.4. The lowest BCUT2D eigenvalue weighted by molar-refractivity contribution is -0.137. The highest BCUT2D eigenvalue weighted by atomic mass is 19.1. The molecule has 1 unspecified atom stereocenters. The Bertz CT molecular complexity index is 1530. The monoisotopic (exact) mass is 546 g/mol. The lowest BCUT2D eigenvalue weighted by atomic mass is 9.97. The number of carbonyl (C=O) groups is 5. The number of amides is 5. The molecule has 5 amide bonds. The van der Waals surface area contributed by atoms with Crippen molar-refractivity contribution in [2.24, 2.45) is 5.92 Å². The predicted molar refractivity (Wildman–Crippen MR) is 139 cm³/mol. The second-order valence-electron chi connectivity index (χ2n) is 11.4. The fraction of sp³-hybridized carbons (Fsp3) is 0.414. The van der Waals surface area contributed by atoms with Crippen LogP contribution in [0.5, 0.6) is 5.75 Å².